The van der Waals surface area contributed by atoms with Crippen molar-refractivity contribution in [3.05, 3.63) is 59.7 Å². The largest absolute Gasteiger partial charge is 0.573 e. The van der Waals surface area contributed by atoms with Gasteiger partial charge in [-0.1, -0.05) is 12.1 Å². The van der Waals surface area contributed by atoms with Crippen molar-refractivity contribution < 1.29 is 26.7 Å². The number of halogens is 6. The molecule has 0 aliphatic carbocycles. The van der Waals surface area contributed by atoms with Crippen LogP contribution in [0.3, 0.4) is 0 Å². The zero-order chi connectivity index (χ0) is 19.2. The molecule has 0 saturated carbocycles. The van der Waals surface area contributed by atoms with E-state index in [0.717, 1.165) is 12.1 Å². The van der Waals surface area contributed by atoms with Gasteiger partial charge in [0.25, 0.3) is 0 Å². The van der Waals surface area contributed by atoms with Crippen molar-refractivity contribution in [2.24, 2.45) is 10.7 Å². The molecular weight excluding hydrogens is 484 g/mol. The highest BCUT2D eigenvalue weighted by atomic mass is 127. The Bertz CT molecular complexity index is 763. The Balaban J connectivity index is 0.00000364. The molecule has 0 aliphatic heterocycles. The number of ether oxygens (including phenoxy) is 1. The number of hydrogen-bond donors (Lipinski definition) is 2. The third-order valence-electron chi connectivity index (χ3n) is 3.20. The van der Waals surface area contributed by atoms with Crippen molar-refractivity contribution in [3.63, 3.8) is 0 Å². The quantitative estimate of drug-likeness (QED) is 0.196. The van der Waals surface area contributed by atoms with Crippen LogP contribution in [0, 0.1) is 11.6 Å². The third-order valence-corrected chi connectivity index (χ3v) is 3.20. The molecule has 0 fully saturated rings. The lowest BCUT2D eigenvalue weighted by atomic mass is 10.1. The number of alkyl halides is 3. The van der Waals surface area contributed by atoms with Crippen LogP contribution < -0.4 is 15.8 Å². The number of para-hydroxylation sites is 2. The number of hydrogen-bond acceptors (Lipinski definition) is 2. The number of aliphatic imine (C=N–C) groups is 1. The summed E-state index contributed by atoms with van der Waals surface area (Å²) in [4.78, 5) is 3.98. The Morgan fingerprint density at radius 1 is 1.07 bits per heavy atom. The van der Waals surface area contributed by atoms with E-state index in [9.17, 15) is 22.0 Å². The van der Waals surface area contributed by atoms with E-state index in [1.807, 2.05) is 0 Å². The van der Waals surface area contributed by atoms with Crippen molar-refractivity contribution in [3.8, 4) is 5.75 Å². The molecule has 2 aromatic rings. The molecule has 4 nitrogen and oxygen atoms in total. The summed E-state index contributed by atoms with van der Waals surface area (Å²) < 4.78 is 67.1. The highest BCUT2D eigenvalue weighted by molar-refractivity contribution is 14.0. The van der Waals surface area contributed by atoms with Crippen LogP contribution in [0.1, 0.15) is 12.0 Å². The predicted molar refractivity (Wildman–Crippen MR) is 103 cm³/mol. The van der Waals surface area contributed by atoms with Crippen LogP contribution >= 0.6 is 24.0 Å². The second kappa shape index (κ2) is 10.3. The van der Waals surface area contributed by atoms with Crippen LogP contribution in [0.4, 0.5) is 27.6 Å². The van der Waals surface area contributed by atoms with Gasteiger partial charge in [-0.3, -0.25) is 4.99 Å². The molecule has 0 unspecified atom stereocenters. The van der Waals surface area contributed by atoms with Crippen molar-refractivity contribution in [1.29, 1.82) is 0 Å². The number of anilines is 1. The topological polar surface area (TPSA) is 59.6 Å². The zero-order valence-electron chi connectivity index (χ0n) is 13.9. The van der Waals surface area contributed by atoms with E-state index in [0.29, 0.717) is 18.4 Å². The van der Waals surface area contributed by atoms with Crippen LogP contribution in [0.15, 0.2) is 47.5 Å². The number of nitrogens with zero attached hydrogens (tertiary/aromatic N) is 1. The van der Waals surface area contributed by atoms with Gasteiger partial charge in [0.05, 0.1) is 5.69 Å². The maximum Gasteiger partial charge on any atom is 0.573 e. The lowest BCUT2D eigenvalue weighted by Gasteiger charge is -2.14. The molecule has 0 saturated heterocycles. The second-order valence-corrected chi connectivity index (χ2v) is 5.32. The summed E-state index contributed by atoms with van der Waals surface area (Å²) in [5.74, 6) is -1.86. The molecule has 0 spiro atoms. The van der Waals surface area contributed by atoms with Crippen LogP contribution in [0.25, 0.3) is 0 Å². The van der Waals surface area contributed by atoms with Gasteiger partial charge in [0, 0.05) is 12.6 Å². The molecule has 27 heavy (non-hydrogen) atoms. The van der Waals surface area contributed by atoms with Gasteiger partial charge in [-0.2, -0.15) is 0 Å². The summed E-state index contributed by atoms with van der Waals surface area (Å²) in [6.07, 6.45) is -4.00. The Labute approximate surface area is 169 Å². The van der Waals surface area contributed by atoms with Crippen molar-refractivity contribution in [1.82, 2.24) is 0 Å². The molecule has 3 N–H and O–H groups in total. The molecule has 0 bridgehead atoms. The van der Waals surface area contributed by atoms with Gasteiger partial charge < -0.3 is 15.8 Å². The first kappa shape index (κ1) is 22.9. The summed E-state index contributed by atoms with van der Waals surface area (Å²) in [5, 5.41) is 2.53. The fraction of sp³-hybridized carbons (Fsp3) is 0.235. The molecule has 0 atom stereocenters. The predicted octanol–water partition coefficient (Wildman–Crippen LogP) is 4.84. The number of nitrogens with two attached hydrogens (primary N) is 1. The first-order valence-electron chi connectivity index (χ1n) is 7.59. The first-order valence-corrected chi connectivity index (χ1v) is 7.59. The molecule has 0 radical (unpaired) electrons. The fourth-order valence-electron chi connectivity index (χ4n) is 2.20. The molecule has 0 amide bonds. The number of nitrogens with one attached hydrogen (secondary N) is 1. The summed E-state index contributed by atoms with van der Waals surface area (Å²) in [6, 6.07) is 8.62. The van der Waals surface area contributed by atoms with Gasteiger partial charge in [0.2, 0.25) is 0 Å². The minimum atomic E-state index is -4.83. The zero-order valence-corrected chi connectivity index (χ0v) is 16.2. The van der Waals surface area contributed by atoms with Crippen molar-refractivity contribution in [2.75, 3.05) is 11.9 Å². The van der Waals surface area contributed by atoms with Crippen LogP contribution in [-0.4, -0.2) is 18.9 Å². The molecule has 148 valence electrons. The van der Waals surface area contributed by atoms with Crippen molar-refractivity contribution >= 4 is 35.6 Å². The Morgan fingerprint density at radius 2 is 1.70 bits per heavy atom. The summed E-state index contributed by atoms with van der Waals surface area (Å²) in [7, 11) is 0. The molecule has 0 heterocycles. The monoisotopic (exact) mass is 501 g/mol. The Kier molecular flexibility index (Phi) is 8.73. The van der Waals surface area contributed by atoms with E-state index in [1.165, 1.54) is 30.3 Å². The maximum atomic E-state index is 13.1. The van der Waals surface area contributed by atoms with E-state index in [4.69, 9.17) is 5.73 Å². The van der Waals surface area contributed by atoms with Crippen molar-refractivity contribution in [2.45, 2.75) is 19.2 Å². The van der Waals surface area contributed by atoms with Crippen LogP contribution in [0.2, 0.25) is 0 Å². The van der Waals surface area contributed by atoms with Gasteiger partial charge >= 0.3 is 6.36 Å². The smallest absolute Gasteiger partial charge is 0.404 e. The SMILES string of the molecule is I.NC(=NCCCc1cc(F)cc(F)c1)Nc1ccccc1OC(F)(F)F. The van der Waals surface area contributed by atoms with E-state index in [1.54, 1.807) is 0 Å². The molecule has 0 aromatic heterocycles. The van der Waals surface area contributed by atoms with Crippen LogP contribution in [0.5, 0.6) is 5.75 Å². The highest BCUT2D eigenvalue weighted by Crippen LogP contribution is 2.29. The van der Waals surface area contributed by atoms with Gasteiger partial charge in [-0.05, 0) is 42.7 Å². The Hall–Kier alpha value is -2.11. The van der Waals surface area contributed by atoms with E-state index < -0.39 is 23.7 Å². The molecule has 10 heteroatoms. The van der Waals surface area contributed by atoms with Gasteiger partial charge in [-0.15, -0.1) is 37.1 Å². The molecule has 2 aromatic carbocycles. The van der Waals surface area contributed by atoms with Gasteiger partial charge in [-0.25, -0.2) is 8.78 Å². The standard InChI is InChI=1S/C17H16F5N3O.HI/c18-12-8-11(9-13(19)10-12)4-3-7-24-16(23)25-14-5-1-2-6-15(14)26-17(20,21)22;/h1-2,5-6,8-10H,3-4,7H2,(H3,23,24,25);1H. The molecular formula is C17H17F5IN3O. The second-order valence-electron chi connectivity index (χ2n) is 5.32. The molecule has 0 aliphatic rings. The summed E-state index contributed by atoms with van der Waals surface area (Å²) in [5.41, 5.74) is 6.14. The van der Waals surface area contributed by atoms with E-state index in [-0.39, 0.29) is 42.2 Å². The number of benzene rings is 2. The lowest BCUT2D eigenvalue weighted by molar-refractivity contribution is -0.274. The Morgan fingerprint density at radius 3 is 2.33 bits per heavy atom. The maximum absolute atomic E-state index is 13.1. The highest BCUT2D eigenvalue weighted by Gasteiger charge is 2.32. The number of rotatable bonds is 6. The number of guanidine groups is 1. The fourth-order valence-corrected chi connectivity index (χ4v) is 2.20. The first-order chi connectivity index (χ1) is 12.2. The lowest BCUT2D eigenvalue weighted by Crippen LogP contribution is -2.24. The van der Waals surface area contributed by atoms with E-state index >= 15 is 0 Å². The summed E-state index contributed by atoms with van der Waals surface area (Å²) in [6.45, 7) is 0.221. The van der Waals surface area contributed by atoms with Gasteiger partial charge in [0.15, 0.2) is 11.7 Å². The van der Waals surface area contributed by atoms with E-state index in [2.05, 4.69) is 15.0 Å². The normalized spacial score (nSPS) is 11.7. The summed E-state index contributed by atoms with van der Waals surface area (Å²) >= 11 is 0. The minimum absolute atomic E-state index is 0. The molecule has 2 rings (SSSR count). The van der Waals surface area contributed by atoms with Gasteiger partial charge in [0.1, 0.15) is 11.6 Å². The third kappa shape index (κ3) is 8.41. The average molecular weight is 501 g/mol. The average Bonchev–Trinajstić information content (AvgIpc) is 2.51. The number of aryl methyl sites for hydroxylation is 1. The minimum Gasteiger partial charge on any atom is -0.404 e. The van der Waals surface area contributed by atoms with Crippen LogP contribution in [-0.2, 0) is 6.42 Å².